The number of carboxylic acid groups (broad SMARTS) is 1. The van der Waals surface area contributed by atoms with Gasteiger partial charge < -0.3 is 9.90 Å². The van der Waals surface area contributed by atoms with Crippen molar-refractivity contribution >= 4 is 24.8 Å². The minimum Gasteiger partial charge on any atom is -0.545 e. The smallest absolute Gasteiger partial charge is 0.545 e. The van der Waals surface area contributed by atoms with Crippen LogP contribution in [0.1, 0.15) is 10.4 Å². The molecule has 2 aromatic rings. The van der Waals surface area contributed by atoms with Crippen molar-refractivity contribution in [2.75, 3.05) is 0 Å². The quantitative estimate of drug-likeness (QED) is 0.545. The Labute approximate surface area is 124 Å². The van der Waals surface area contributed by atoms with E-state index >= 15 is 0 Å². The average molecular weight is 210 g/mol. The van der Waals surface area contributed by atoms with E-state index in [-0.39, 0.29) is 43.3 Å². The molecule has 0 aromatic heterocycles. The monoisotopic (exact) mass is 210 g/mol. The van der Waals surface area contributed by atoms with Crippen LogP contribution < -0.4 is 24.0 Å². The molecule has 74 valence electrons. The summed E-state index contributed by atoms with van der Waals surface area (Å²) in [5.74, 6) is -1.16. The second-order valence-corrected chi connectivity index (χ2v) is 3.11. The fourth-order valence-electron chi connectivity index (χ4n) is 1.46. The minimum atomic E-state index is -1.16. The largest absolute Gasteiger partial charge is 1.00 e. The molecule has 0 heterocycles. The summed E-state index contributed by atoms with van der Waals surface area (Å²) in [6.07, 6.45) is 0. The van der Waals surface area contributed by atoms with E-state index < -0.39 is 5.97 Å². The fourth-order valence-corrected chi connectivity index (χ4v) is 1.46. The molecule has 0 spiro atoms. The third-order valence-corrected chi connectivity index (χ3v) is 2.15. The molecule has 17 heavy (non-hydrogen) atoms. The van der Waals surface area contributed by atoms with Gasteiger partial charge in [0.2, 0.25) is 0 Å². The number of carbonyl (C=O) groups is 1. The van der Waals surface area contributed by atoms with E-state index in [0.29, 0.717) is 5.56 Å². The van der Waals surface area contributed by atoms with Gasteiger partial charge in [0.25, 0.3) is 0 Å². The molecule has 0 aliphatic carbocycles. The molecule has 0 aliphatic rings. The van der Waals surface area contributed by atoms with Gasteiger partial charge in [-0.15, -0.1) is 0 Å². The molecule has 0 N–H and O–H groups in total. The summed E-state index contributed by atoms with van der Waals surface area (Å²) in [5.41, 5.74) is 1.59. The predicted molar refractivity (Wildman–Crippen MR) is 60.8 cm³/mol. The summed E-state index contributed by atoms with van der Waals surface area (Å²) >= 11 is 0. The molecule has 4 heteroatoms. The number of carboxylic acids is 1. The Bertz CT molecular complexity index is 484. The number of carbonyl (C=O) groups excluding carboxylic acids is 1. The van der Waals surface area contributed by atoms with Crippen molar-refractivity contribution in [3.05, 3.63) is 60.2 Å². The minimum absolute atomic E-state index is 0. The Kier molecular flexibility index (Phi) is 7.04. The summed E-state index contributed by atoms with van der Waals surface area (Å²) < 4.78 is 0. The Morgan fingerprint density at radius 1 is 1.06 bits per heavy atom. The zero-order valence-electron chi connectivity index (χ0n) is 9.94. The number of aromatic carboxylic acids is 1. The normalized spacial score (nSPS) is 8.71. The maximum Gasteiger partial charge on any atom is 1.00 e. The van der Waals surface area contributed by atoms with E-state index in [1.807, 2.05) is 18.2 Å². The van der Waals surface area contributed by atoms with Crippen LogP contribution in [0.3, 0.4) is 0 Å². The van der Waals surface area contributed by atoms with Crippen LogP contribution in [-0.2, 0) is 0 Å². The first-order valence-corrected chi connectivity index (χ1v) is 4.56. The van der Waals surface area contributed by atoms with Crippen LogP contribution in [0.2, 0.25) is 0 Å². The van der Waals surface area contributed by atoms with Crippen LogP contribution >= 0.6 is 0 Å². The molecule has 2 rings (SSSR count). The predicted octanol–water partition coefficient (Wildman–Crippen LogP) is -1.86. The first-order valence-electron chi connectivity index (χ1n) is 4.56. The zero-order valence-corrected chi connectivity index (χ0v) is 9.94. The topological polar surface area (TPSA) is 40.1 Å². The van der Waals surface area contributed by atoms with E-state index in [1.165, 1.54) is 6.07 Å². The van der Waals surface area contributed by atoms with Gasteiger partial charge in [0.05, 0.1) is 5.97 Å². The van der Waals surface area contributed by atoms with E-state index in [1.54, 1.807) is 24.3 Å². The van der Waals surface area contributed by atoms with Gasteiger partial charge in [-0.3, -0.25) is 0 Å². The van der Waals surface area contributed by atoms with Crippen LogP contribution in [0.15, 0.2) is 48.5 Å². The molecule has 0 atom stereocenters. The molecule has 2 nitrogen and oxygen atoms in total. The summed E-state index contributed by atoms with van der Waals surface area (Å²) in [4.78, 5) is 10.9. The summed E-state index contributed by atoms with van der Waals surface area (Å²) in [6.45, 7) is 0. The molecule has 0 saturated carbocycles. The van der Waals surface area contributed by atoms with Crippen molar-refractivity contribution in [1.29, 1.82) is 0 Å². The molecule has 0 fully saturated rings. The molecule has 2 aromatic carbocycles. The van der Waals surface area contributed by atoms with E-state index in [4.69, 9.17) is 0 Å². The molecular weight excluding hydrogens is 202 g/mol. The Morgan fingerprint density at radius 3 is 2.29 bits per heavy atom. The molecule has 0 aliphatic heterocycles. The van der Waals surface area contributed by atoms with Crippen molar-refractivity contribution in [3.8, 4) is 11.1 Å². The van der Waals surface area contributed by atoms with Gasteiger partial charge in [-0.05, 0) is 17.2 Å². The molecule has 0 amide bonds. The van der Waals surface area contributed by atoms with Crippen LogP contribution in [0.5, 0.6) is 0 Å². The van der Waals surface area contributed by atoms with Gasteiger partial charge in [-0.2, -0.15) is 0 Å². The van der Waals surface area contributed by atoms with Gasteiger partial charge in [-0.25, -0.2) is 0 Å². The number of hydrogen-bond donors (Lipinski definition) is 0. The Hall–Kier alpha value is -0.895. The van der Waals surface area contributed by atoms with E-state index in [0.717, 1.165) is 5.56 Å². The molecular formula is C13H8Li2O2. The van der Waals surface area contributed by atoms with Crippen molar-refractivity contribution in [2.45, 2.75) is 0 Å². The third kappa shape index (κ3) is 3.81. The van der Waals surface area contributed by atoms with Gasteiger partial charge in [0, 0.05) is 24.4 Å². The van der Waals surface area contributed by atoms with Crippen molar-refractivity contribution < 1.29 is 28.8 Å². The molecule has 2 radical (unpaired) electrons. The molecule has 0 bridgehead atoms. The van der Waals surface area contributed by atoms with Gasteiger partial charge >= 0.3 is 18.9 Å². The Morgan fingerprint density at radius 2 is 1.71 bits per heavy atom. The van der Waals surface area contributed by atoms with Crippen LogP contribution in [0, 0.1) is 6.07 Å². The molecule has 0 unspecified atom stereocenters. The molecule has 0 saturated heterocycles. The van der Waals surface area contributed by atoms with Crippen molar-refractivity contribution in [3.63, 3.8) is 0 Å². The first kappa shape index (κ1) is 16.1. The van der Waals surface area contributed by atoms with E-state index in [9.17, 15) is 9.90 Å². The summed E-state index contributed by atoms with van der Waals surface area (Å²) in [6, 6.07) is 17.0. The average Bonchev–Trinajstić information content (AvgIpc) is 2.30. The standard InChI is InChI=1S/C13H9O2.2Li/c14-13(15)12-9-5-4-8-11(12)10-6-2-1-3-7-10;;/h1-6,8-9H,(H,14,15);;/q;;+1/p-1. The van der Waals surface area contributed by atoms with Crippen molar-refractivity contribution in [2.24, 2.45) is 0 Å². The second-order valence-electron chi connectivity index (χ2n) is 3.11. The van der Waals surface area contributed by atoms with Crippen LogP contribution in [0.4, 0.5) is 0 Å². The summed E-state index contributed by atoms with van der Waals surface area (Å²) in [7, 11) is 0. The van der Waals surface area contributed by atoms with Crippen LogP contribution in [0.25, 0.3) is 11.1 Å². The van der Waals surface area contributed by atoms with Crippen LogP contribution in [-0.4, -0.2) is 24.8 Å². The maximum absolute atomic E-state index is 10.9. The van der Waals surface area contributed by atoms with Gasteiger partial charge in [0.15, 0.2) is 0 Å². The van der Waals surface area contributed by atoms with Crippen molar-refractivity contribution in [1.82, 2.24) is 0 Å². The zero-order chi connectivity index (χ0) is 10.7. The fraction of sp³-hybridized carbons (Fsp3) is 0. The second kappa shape index (κ2) is 7.43. The Balaban J connectivity index is 0.00000128. The number of hydrogen-bond acceptors (Lipinski definition) is 2. The maximum atomic E-state index is 10.9. The first-order chi connectivity index (χ1) is 7.29. The van der Waals surface area contributed by atoms with E-state index in [2.05, 4.69) is 6.07 Å². The SMILES string of the molecule is O=C([O-])c1ccccc1-c1[c]cccc1.[Li+].[Li]. The number of rotatable bonds is 2. The third-order valence-electron chi connectivity index (χ3n) is 2.15. The van der Waals surface area contributed by atoms with Gasteiger partial charge in [-0.1, -0.05) is 48.5 Å². The summed E-state index contributed by atoms with van der Waals surface area (Å²) in [5, 5.41) is 10.9. The van der Waals surface area contributed by atoms with Gasteiger partial charge in [0.1, 0.15) is 0 Å². The number of benzene rings is 2.